The van der Waals surface area contributed by atoms with Crippen molar-refractivity contribution in [2.24, 2.45) is 4.99 Å². The molecule has 2 aromatic carbocycles. The summed E-state index contributed by atoms with van der Waals surface area (Å²) >= 11 is 7.37. The molecule has 1 N–H and O–H groups in total. The van der Waals surface area contributed by atoms with E-state index in [1.165, 1.54) is 11.8 Å². The number of halogens is 1. The monoisotopic (exact) mass is 314 g/mol. The van der Waals surface area contributed by atoms with Gasteiger partial charge in [-0.25, -0.2) is 4.99 Å². The quantitative estimate of drug-likeness (QED) is 0.843. The van der Waals surface area contributed by atoms with Crippen LogP contribution < -0.4 is 5.32 Å². The van der Waals surface area contributed by atoms with Crippen molar-refractivity contribution in [3.05, 3.63) is 70.1 Å². The molecule has 1 aliphatic rings. The normalized spacial score (nSPS) is 18.2. The van der Waals surface area contributed by atoms with Gasteiger partial charge in [0.1, 0.15) is 0 Å². The predicted molar refractivity (Wildman–Crippen MR) is 88.7 cm³/mol. The van der Waals surface area contributed by atoms with E-state index in [0.29, 0.717) is 20.8 Å². The third-order valence-electron chi connectivity index (χ3n) is 2.82. The molecular weight excluding hydrogens is 304 g/mol. The van der Waals surface area contributed by atoms with E-state index in [2.05, 4.69) is 10.3 Å². The van der Waals surface area contributed by atoms with Crippen LogP contribution >= 0.6 is 23.4 Å². The molecular formula is C16H11ClN2OS. The Morgan fingerprint density at radius 1 is 1.05 bits per heavy atom. The molecule has 2 aromatic rings. The van der Waals surface area contributed by atoms with Gasteiger partial charge in [0.05, 0.1) is 15.6 Å². The van der Waals surface area contributed by atoms with Crippen LogP contribution in [-0.4, -0.2) is 11.1 Å². The molecule has 0 atom stereocenters. The number of hydrogen-bond donors (Lipinski definition) is 1. The van der Waals surface area contributed by atoms with E-state index < -0.39 is 0 Å². The van der Waals surface area contributed by atoms with E-state index >= 15 is 0 Å². The Morgan fingerprint density at radius 2 is 1.76 bits per heavy atom. The van der Waals surface area contributed by atoms with Crippen molar-refractivity contribution in [2.45, 2.75) is 0 Å². The minimum atomic E-state index is -0.144. The lowest BCUT2D eigenvalue weighted by Crippen LogP contribution is -2.19. The Morgan fingerprint density at radius 3 is 2.52 bits per heavy atom. The molecule has 0 radical (unpaired) electrons. The molecule has 1 fully saturated rings. The number of rotatable bonds is 2. The Bertz CT molecular complexity index is 741. The zero-order chi connectivity index (χ0) is 14.7. The smallest absolute Gasteiger partial charge is 0.264 e. The summed E-state index contributed by atoms with van der Waals surface area (Å²) in [6.45, 7) is 0. The Balaban J connectivity index is 1.85. The highest BCUT2D eigenvalue weighted by Gasteiger charge is 2.23. The largest absolute Gasteiger partial charge is 0.300 e. The summed E-state index contributed by atoms with van der Waals surface area (Å²) in [5.74, 6) is -0.144. The van der Waals surface area contributed by atoms with Crippen LogP contribution in [0.15, 0.2) is 64.5 Å². The highest BCUT2D eigenvalue weighted by atomic mass is 35.5. The predicted octanol–water partition coefficient (Wildman–Crippen LogP) is 4.23. The number of amides is 1. The molecule has 5 heteroatoms. The molecule has 1 amide bonds. The number of nitrogens with one attached hydrogen (secondary N) is 1. The second-order valence-corrected chi connectivity index (χ2v) is 5.78. The molecule has 0 aromatic heterocycles. The Kier molecular flexibility index (Phi) is 4.08. The summed E-state index contributed by atoms with van der Waals surface area (Å²) in [5.41, 5.74) is 1.62. The van der Waals surface area contributed by atoms with Gasteiger partial charge < -0.3 is 5.32 Å². The summed E-state index contributed by atoms with van der Waals surface area (Å²) in [5, 5.41) is 3.84. The van der Waals surface area contributed by atoms with Gasteiger partial charge in [-0.3, -0.25) is 4.79 Å². The second-order valence-electron chi connectivity index (χ2n) is 4.34. The first-order chi connectivity index (χ1) is 10.2. The maximum absolute atomic E-state index is 12.0. The van der Waals surface area contributed by atoms with Gasteiger partial charge in [-0.05, 0) is 35.5 Å². The third kappa shape index (κ3) is 3.35. The van der Waals surface area contributed by atoms with Crippen molar-refractivity contribution in [1.29, 1.82) is 0 Å². The standard InChI is InChI=1S/C16H11ClN2OS/c17-12-8-4-5-9-13(12)18-16-19-15(20)14(21-16)10-11-6-2-1-3-7-11/h1-10H,(H,18,19,20)/b14-10+. The van der Waals surface area contributed by atoms with Gasteiger partial charge >= 0.3 is 0 Å². The van der Waals surface area contributed by atoms with E-state index in [1.54, 1.807) is 12.1 Å². The van der Waals surface area contributed by atoms with E-state index in [4.69, 9.17) is 11.6 Å². The average molecular weight is 315 g/mol. The SMILES string of the molecule is O=C1NC(=Nc2ccccc2Cl)S/C1=C/c1ccccc1. The number of amidine groups is 1. The first kappa shape index (κ1) is 13.9. The van der Waals surface area contributed by atoms with E-state index in [9.17, 15) is 4.79 Å². The number of thioether (sulfide) groups is 1. The number of nitrogens with zero attached hydrogens (tertiary/aromatic N) is 1. The minimum Gasteiger partial charge on any atom is -0.300 e. The first-order valence-corrected chi connectivity index (χ1v) is 7.51. The number of aliphatic imine (C=N–C) groups is 1. The molecule has 104 valence electrons. The third-order valence-corrected chi connectivity index (χ3v) is 4.05. The van der Waals surface area contributed by atoms with Gasteiger partial charge in [-0.1, -0.05) is 54.1 Å². The van der Waals surface area contributed by atoms with Gasteiger partial charge in [0.15, 0.2) is 5.17 Å². The number of benzene rings is 2. The van der Waals surface area contributed by atoms with Gasteiger partial charge in [0, 0.05) is 0 Å². The molecule has 1 saturated heterocycles. The first-order valence-electron chi connectivity index (χ1n) is 6.31. The topological polar surface area (TPSA) is 41.5 Å². The Hall–Kier alpha value is -2.04. The maximum atomic E-state index is 12.0. The maximum Gasteiger partial charge on any atom is 0.264 e. The van der Waals surface area contributed by atoms with Crippen LogP contribution in [0.4, 0.5) is 5.69 Å². The van der Waals surface area contributed by atoms with Crippen LogP contribution in [0, 0.1) is 0 Å². The number of carbonyl (C=O) groups is 1. The molecule has 1 heterocycles. The number of hydrogen-bond acceptors (Lipinski definition) is 3. The van der Waals surface area contributed by atoms with Gasteiger partial charge in [0.2, 0.25) is 0 Å². The molecule has 0 unspecified atom stereocenters. The molecule has 3 rings (SSSR count). The molecule has 3 nitrogen and oxygen atoms in total. The van der Waals surface area contributed by atoms with Crippen LogP contribution in [0.3, 0.4) is 0 Å². The number of para-hydroxylation sites is 1. The van der Waals surface area contributed by atoms with Gasteiger partial charge in [-0.2, -0.15) is 0 Å². The zero-order valence-electron chi connectivity index (χ0n) is 10.9. The lowest BCUT2D eigenvalue weighted by atomic mass is 10.2. The molecule has 1 aliphatic heterocycles. The van der Waals surface area contributed by atoms with Crippen LogP contribution in [0.25, 0.3) is 6.08 Å². The molecule has 0 bridgehead atoms. The van der Waals surface area contributed by atoms with E-state index in [0.717, 1.165) is 5.56 Å². The van der Waals surface area contributed by atoms with Crippen molar-refractivity contribution in [2.75, 3.05) is 0 Å². The van der Waals surface area contributed by atoms with Crippen LogP contribution in [0.2, 0.25) is 5.02 Å². The van der Waals surface area contributed by atoms with Crippen molar-refractivity contribution in [3.8, 4) is 0 Å². The second kappa shape index (κ2) is 6.16. The molecule has 0 aliphatic carbocycles. The van der Waals surface area contributed by atoms with Crippen molar-refractivity contribution >= 4 is 46.2 Å². The van der Waals surface area contributed by atoms with Crippen molar-refractivity contribution in [3.63, 3.8) is 0 Å². The average Bonchev–Trinajstić information content (AvgIpc) is 2.82. The van der Waals surface area contributed by atoms with Crippen LogP contribution in [-0.2, 0) is 4.79 Å². The summed E-state index contributed by atoms with van der Waals surface area (Å²) in [7, 11) is 0. The van der Waals surface area contributed by atoms with Crippen LogP contribution in [0.1, 0.15) is 5.56 Å². The van der Waals surface area contributed by atoms with Crippen molar-refractivity contribution in [1.82, 2.24) is 5.32 Å². The van der Waals surface area contributed by atoms with Crippen molar-refractivity contribution < 1.29 is 4.79 Å². The summed E-state index contributed by atoms with van der Waals surface area (Å²) in [4.78, 5) is 16.9. The lowest BCUT2D eigenvalue weighted by Gasteiger charge is -1.98. The zero-order valence-corrected chi connectivity index (χ0v) is 12.5. The van der Waals surface area contributed by atoms with Crippen LogP contribution in [0.5, 0.6) is 0 Å². The number of carbonyl (C=O) groups excluding carboxylic acids is 1. The fourth-order valence-electron chi connectivity index (χ4n) is 1.83. The fraction of sp³-hybridized carbons (Fsp3) is 0. The lowest BCUT2D eigenvalue weighted by molar-refractivity contribution is -0.115. The highest BCUT2D eigenvalue weighted by molar-refractivity contribution is 8.18. The summed E-state index contributed by atoms with van der Waals surface area (Å²) in [6, 6.07) is 17.0. The fourth-order valence-corrected chi connectivity index (χ4v) is 2.85. The highest BCUT2D eigenvalue weighted by Crippen LogP contribution is 2.30. The van der Waals surface area contributed by atoms with E-state index in [1.807, 2.05) is 48.5 Å². The van der Waals surface area contributed by atoms with E-state index in [-0.39, 0.29) is 5.91 Å². The van der Waals surface area contributed by atoms with Gasteiger partial charge in [-0.15, -0.1) is 0 Å². The van der Waals surface area contributed by atoms with Gasteiger partial charge in [0.25, 0.3) is 5.91 Å². The Labute approximate surface area is 131 Å². The summed E-state index contributed by atoms with van der Waals surface area (Å²) < 4.78 is 0. The minimum absolute atomic E-state index is 0.144. The summed E-state index contributed by atoms with van der Waals surface area (Å²) in [6.07, 6.45) is 1.84. The molecule has 21 heavy (non-hydrogen) atoms. The molecule has 0 saturated carbocycles. The molecule has 0 spiro atoms.